The number of aliphatic hydroxyl groups excluding tert-OH is 1. The van der Waals surface area contributed by atoms with E-state index in [0.29, 0.717) is 17.1 Å². The lowest BCUT2D eigenvalue weighted by Crippen LogP contribution is -2.34. The molecule has 2 saturated carbocycles. The maximum Gasteiger partial charge on any atom is 0.118 e. The van der Waals surface area contributed by atoms with Crippen LogP contribution in [0.4, 0.5) is 0 Å². The Balaban J connectivity index is 1.72. The molecule has 4 heteroatoms. The standard InChI is InChI=1S/C9H17NO2S/c1-2-6-5-8(6)9(11)10-13(12)7-3-4-7/h6-11H,2-5H2,1H3. The van der Waals surface area contributed by atoms with Crippen molar-refractivity contribution in [1.29, 1.82) is 0 Å². The van der Waals surface area contributed by atoms with Crippen molar-refractivity contribution in [2.24, 2.45) is 11.8 Å². The van der Waals surface area contributed by atoms with E-state index in [1.165, 1.54) is 0 Å². The molecule has 0 amide bonds. The van der Waals surface area contributed by atoms with E-state index in [-0.39, 0.29) is 0 Å². The number of hydrogen-bond donors (Lipinski definition) is 2. The summed E-state index contributed by atoms with van der Waals surface area (Å²) in [6.07, 6.45) is 3.78. The van der Waals surface area contributed by atoms with Crippen LogP contribution in [-0.2, 0) is 11.0 Å². The van der Waals surface area contributed by atoms with Crippen LogP contribution in [0.2, 0.25) is 0 Å². The van der Waals surface area contributed by atoms with E-state index in [1.54, 1.807) is 0 Å². The monoisotopic (exact) mass is 203 g/mol. The highest BCUT2D eigenvalue weighted by molar-refractivity contribution is 7.84. The van der Waals surface area contributed by atoms with Crippen molar-refractivity contribution < 1.29 is 9.32 Å². The molecule has 13 heavy (non-hydrogen) atoms. The lowest BCUT2D eigenvalue weighted by molar-refractivity contribution is 0.135. The fourth-order valence-electron chi connectivity index (χ4n) is 1.71. The van der Waals surface area contributed by atoms with Crippen molar-refractivity contribution in [1.82, 2.24) is 4.72 Å². The fourth-order valence-corrected chi connectivity index (χ4v) is 2.88. The summed E-state index contributed by atoms with van der Waals surface area (Å²) in [5, 5.41) is 9.95. The minimum Gasteiger partial charge on any atom is -0.377 e. The van der Waals surface area contributed by atoms with Crippen molar-refractivity contribution >= 4 is 11.0 Å². The number of rotatable bonds is 5. The molecule has 0 aliphatic heterocycles. The highest BCUT2D eigenvalue weighted by Crippen LogP contribution is 2.43. The molecule has 3 nitrogen and oxygen atoms in total. The van der Waals surface area contributed by atoms with Gasteiger partial charge in [-0.2, -0.15) is 0 Å². The van der Waals surface area contributed by atoms with Gasteiger partial charge >= 0.3 is 0 Å². The lowest BCUT2D eigenvalue weighted by atomic mass is 10.2. The zero-order valence-electron chi connectivity index (χ0n) is 7.90. The first-order valence-corrected chi connectivity index (χ1v) is 6.28. The average molecular weight is 203 g/mol. The van der Waals surface area contributed by atoms with Gasteiger partial charge in [-0.3, -0.25) is 0 Å². The van der Waals surface area contributed by atoms with Crippen molar-refractivity contribution in [2.45, 2.75) is 44.1 Å². The molecule has 76 valence electrons. The molecule has 4 unspecified atom stereocenters. The Hall–Kier alpha value is 0.0700. The van der Waals surface area contributed by atoms with E-state index in [1.807, 2.05) is 0 Å². The van der Waals surface area contributed by atoms with Gasteiger partial charge in [-0.25, -0.2) is 8.93 Å². The summed E-state index contributed by atoms with van der Waals surface area (Å²) in [7, 11) is -0.988. The first-order chi connectivity index (χ1) is 6.22. The lowest BCUT2D eigenvalue weighted by Gasteiger charge is -2.11. The van der Waals surface area contributed by atoms with E-state index in [9.17, 15) is 9.32 Å². The highest BCUT2D eigenvalue weighted by atomic mass is 32.2. The van der Waals surface area contributed by atoms with Crippen LogP contribution in [0.1, 0.15) is 32.6 Å². The summed E-state index contributed by atoms with van der Waals surface area (Å²) in [5.41, 5.74) is 0. The van der Waals surface area contributed by atoms with E-state index in [2.05, 4.69) is 11.6 Å². The first-order valence-electron chi connectivity index (χ1n) is 5.07. The summed E-state index contributed by atoms with van der Waals surface area (Å²) in [6, 6.07) is 0. The van der Waals surface area contributed by atoms with Gasteiger partial charge in [0, 0.05) is 11.2 Å². The van der Waals surface area contributed by atoms with Crippen molar-refractivity contribution in [3.8, 4) is 0 Å². The van der Waals surface area contributed by atoms with Crippen LogP contribution in [0.25, 0.3) is 0 Å². The second-order valence-corrected chi connectivity index (χ2v) is 5.62. The van der Waals surface area contributed by atoms with Crippen LogP contribution >= 0.6 is 0 Å². The number of hydrogen-bond acceptors (Lipinski definition) is 2. The Morgan fingerprint density at radius 1 is 1.62 bits per heavy atom. The van der Waals surface area contributed by atoms with Gasteiger partial charge in [0.05, 0.1) is 11.0 Å². The van der Waals surface area contributed by atoms with Crippen LogP contribution in [0.5, 0.6) is 0 Å². The SMILES string of the molecule is CCC1CC1C(O)NS(=O)C1CC1. The molecule has 2 N–H and O–H groups in total. The maximum absolute atomic E-state index is 11.4. The predicted octanol–water partition coefficient (Wildman–Crippen LogP) is 0.767. The van der Waals surface area contributed by atoms with Crippen molar-refractivity contribution in [3.05, 3.63) is 0 Å². The topological polar surface area (TPSA) is 49.3 Å². The molecule has 2 rings (SSSR count). The molecular weight excluding hydrogens is 186 g/mol. The smallest absolute Gasteiger partial charge is 0.118 e. The van der Waals surface area contributed by atoms with Gasteiger partial charge in [-0.15, -0.1) is 0 Å². The largest absolute Gasteiger partial charge is 0.377 e. The van der Waals surface area contributed by atoms with E-state index in [4.69, 9.17) is 0 Å². The molecule has 2 aliphatic carbocycles. The van der Waals surface area contributed by atoms with Gasteiger partial charge in [0.25, 0.3) is 0 Å². The van der Waals surface area contributed by atoms with Gasteiger partial charge in [-0.1, -0.05) is 13.3 Å². The van der Waals surface area contributed by atoms with Crippen molar-refractivity contribution in [2.75, 3.05) is 0 Å². The van der Waals surface area contributed by atoms with Gasteiger partial charge in [0.1, 0.15) is 6.23 Å². The van der Waals surface area contributed by atoms with Crippen LogP contribution < -0.4 is 4.72 Å². The molecule has 0 aromatic heterocycles. The second-order valence-electron chi connectivity index (χ2n) is 4.13. The Morgan fingerprint density at radius 2 is 2.31 bits per heavy atom. The fraction of sp³-hybridized carbons (Fsp3) is 1.00. The molecule has 2 aliphatic rings. The molecule has 0 heterocycles. The molecule has 0 radical (unpaired) electrons. The van der Waals surface area contributed by atoms with Gasteiger partial charge < -0.3 is 5.11 Å². The Kier molecular flexibility index (Phi) is 2.72. The predicted molar refractivity (Wildman–Crippen MR) is 52.2 cm³/mol. The van der Waals surface area contributed by atoms with Crippen LogP contribution in [-0.4, -0.2) is 20.8 Å². The maximum atomic E-state index is 11.4. The normalized spacial score (nSPS) is 37.1. The molecule has 0 aromatic carbocycles. The highest BCUT2D eigenvalue weighted by Gasteiger charge is 2.42. The Bertz CT molecular complexity index is 218. The minimum absolute atomic E-state index is 0.313. The van der Waals surface area contributed by atoms with Gasteiger partial charge in [-0.05, 0) is 25.2 Å². The average Bonchev–Trinajstić information content (AvgIpc) is 2.98. The summed E-state index contributed by atoms with van der Waals surface area (Å²) >= 11 is 0. The van der Waals surface area contributed by atoms with E-state index in [0.717, 1.165) is 25.7 Å². The second kappa shape index (κ2) is 3.67. The van der Waals surface area contributed by atoms with Crippen molar-refractivity contribution in [3.63, 3.8) is 0 Å². The summed E-state index contributed by atoms with van der Waals surface area (Å²) in [5.74, 6) is 1.01. The minimum atomic E-state index is -0.988. The molecule has 4 atom stereocenters. The Morgan fingerprint density at radius 3 is 2.77 bits per heavy atom. The molecule has 0 spiro atoms. The molecule has 0 bridgehead atoms. The third-order valence-corrected chi connectivity index (χ3v) is 4.52. The molecule has 0 aromatic rings. The van der Waals surface area contributed by atoms with Crippen LogP contribution in [0, 0.1) is 11.8 Å². The van der Waals surface area contributed by atoms with Gasteiger partial charge in [0.15, 0.2) is 0 Å². The number of nitrogens with one attached hydrogen (secondary N) is 1. The van der Waals surface area contributed by atoms with E-state index < -0.39 is 17.2 Å². The summed E-state index contributed by atoms with van der Waals surface area (Å²) in [6.45, 7) is 2.13. The molecular formula is C9H17NO2S. The zero-order chi connectivity index (χ0) is 9.42. The third-order valence-electron chi connectivity index (χ3n) is 2.97. The first kappa shape index (κ1) is 9.62. The van der Waals surface area contributed by atoms with Crippen LogP contribution in [0.15, 0.2) is 0 Å². The number of aliphatic hydroxyl groups is 1. The van der Waals surface area contributed by atoms with Crippen LogP contribution in [0.3, 0.4) is 0 Å². The quantitative estimate of drug-likeness (QED) is 0.648. The molecule has 0 saturated heterocycles. The summed E-state index contributed by atoms with van der Waals surface area (Å²) < 4.78 is 14.2. The van der Waals surface area contributed by atoms with Gasteiger partial charge in [0.2, 0.25) is 0 Å². The Labute approximate surface area is 81.5 Å². The third kappa shape index (κ3) is 2.30. The molecule has 2 fully saturated rings. The zero-order valence-corrected chi connectivity index (χ0v) is 8.72. The van der Waals surface area contributed by atoms with E-state index >= 15 is 0 Å². The summed E-state index contributed by atoms with van der Waals surface area (Å²) in [4.78, 5) is 0.